The predicted octanol–water partition coefficient (Wildman–Crippen LogP) is 1.28. The lowest BCUT2D eigenvalue weighted by Gasteiger charge is -2.06. The van der Waals surface area contributed by atoms with Gasteiger partial charge in [-0.05, 0) is 15.9 Å². The quantitative estimate of drug-likeness (QED) is 0.874. The van der Waals surface area contributed by atoms with Crippen molar-refractivity contribution in [3.05, 3.63) is 22.9 Å². The third-order valence-corrected chi connectivity index (χ3v) is 2.37. The average Bonchev–Trinajstić information content (AvgIpc) is 2.81. The fraction of sp³-hybridized carbons (Fsp3) is 0.250. The zero-order valence-corrected chi connectivity index (χ0v) is 10.0. The van der Waals surface area contributed by atoms with Crippen molar-refractivity contribution < 1.29 is 4.52 Å². The molecule has 0 fully saturated rings. The molecular formula is C8H9BrN6O. The second-order valence-corrected chi connectivity index (χ2v) is 3.70. The van der Waals surface area contributed by atoms with Crippen LogP contribution in [0.1, 0.15) is 5.82 Å². The number of aromatic nitrogens is 4. The fourth-order valence-corrected chi connectivity index (χ4v) is 1.38. The minimum atomic E-state index is 0.440. The van der Waals surface area contributed by atoms with E-state index < -0.39 is 0 Å². The zero-order valence-electron chi connectivity index (χ0n) is 8.44. The standard InChI is InChI=1S/C8H9BrN6O/c1-10-8-12-2-5(9)7(14-8)11-3-6-13-4-16-15-6/h2,4H,3H2,1H3,(H2,10,11,12,14). The molecule has 2 aromatic heterocycles. The summed E-state index contributed by atoms with van der Waals surface area (Å²) in [6.45, 7) is 0.440. The molecule has 0 saturated carbocycles. The van der Waals surface area contributed by atoms with Crippen LogP contribution in [0.5, 0.6) is 0 Å². The van der Waals surface area contributed by atoms with E-state index in [4.69, 9.17) is 0 Å². The second kappa shape index (κ2) is 4.88. The Bertz CT molecular complexity index is 460. The Balaban J connectivity index is 2.08. The number of nitrogens with one attached hydrogen (secondary N) is 2. The highest BCUT2D eigenvalue weighted by molar-refractivity contribution is 9.10. The lowest BCUT2D eigenvalue weighted by Crippen LogP contribution is -2.06. The molecule has 2 rings (SSSR count). The van der Waals surface area contributed by atoms with Gasteiger partial charge in [0.25, 0.3) is 0 Å². The summed E-state index contributed by atoms with van der Waals surface area (Å²) >= 11 is 3.34. The van der Waals surface area contributed by atoms with E-state index in [9.17, 15) is 0 Å². The topological polar surface area (TPSA) is 88.8 Å². The molecule has 7 nitrogen and oxygen atoms in total. The van der Waals surface area contributed by atoms with Gasteiger partial charge >= 0.3 is 0 Å². The van der Waals surface area contributed by atoms with Gasteiger partial charge in [0.05, 0.1) is 11.0 Å². The molecule has 0 aliphatic heterocycles. The van der Waals surface area contributed by atoms with Crippen molar-refractivity contribution in [1.82, 2.24) is 20.1 Å². The van der Waals surface area contributed by atoms with E-state index in [1.165, 1.54) is 6.39 Å². The molecule has 0 unspecified atom stereocenters. The first kappa shape index (κ1) is 10.8. The van der Waals surface area contributed by atoms with Crippen LogP contribution in [-0.4, -0.2) is 27.2 Å². The number of anilines is 2. The first-order valence-corrected chi connectivity index (χ1v) is 5.28. The molecule has 8 heteroatoms. The van der Waals surface area contributed by atoms with Crippen molar-refractivity contribution in [1.29, 1.82) is 0 Å². The average molecular weight is 285 g/mol. The van der Waals surface area contributed by atoms with E-state index in [0.717, 1.165) is 4.47 Å². The summed E-state index contributed by atoms with van der Waals surface area (Å²) in [4.78, 5) is 12.2. The molecule has 0 radical (unpaired) electrons. The number of nitrogens with zero attached hydrogens (tertiary/aromatic N) is 4. The molecule has 16 heavy (non-hydrogen) atoms. The van der Waals surface area contributed by atoms with Crippen molar-refractivity contribution in [3.8, 4) is 0 Å². The molecule has 84 valence electrons. The maximum absolute atomic E-state index is 4.62. The molecule has 2 N–H and O–H groups in total. The maximum Gasteiger partial charge on any atom is 0.224 e. The van der Waals surface area contributed by atoms with Gasteiger partial charge in [-0.15, -0.1) is 0 Å². The van der Waals surface area contributed by atoms with Gasteiger partial charge in [0.2, 0.25) is 12.3 Å². The molecule has 0 amide bonds. The summed E-state index contributed by atoms with van der Waals surface area (Å²) < 4.78 is 5.39. The fourth-order valence-electron chi connectivity index (χ4n) is 1.04. The molecule has 0 spiro atoms. The van der Waals surface area contributed by atoms with Gasteiger partial charge in [-0.2, -0.15) is 9.97 Å². The number of hydrogen-bond donors (Lipinski definition) is 2. The molecule has 0 bridgehead atoms. The molecule has 0 saturated heterocycles. The van der Waals surface area contributed by atoms with Crippen LogP contribution in [0.25, 0.3) is 0 Å². The SMILES string of the molecule is CNc1ncc(Br)c(NCc2ncon2)n1. The summed E-state index contributed by atoms with van der Waals surface area (Å²) in [5, 5.41) is 9.60. The van der Waals surface area contributed by atoms with E-state index in [1.54, 1.807) is 13.2 Å². The summed E-state index contributed by atoms with van der Waals surface area (Å²) in [7, 11) is 1.76. The van der Waals surface area contributed by atoms with Crippen LogP contribution in [0.3, 0.4) is 0 Å². The van der Waals surface area contributed by atoms with E-state index in [1.807, 2.05) is 0 Å². The van der Waals surface area contributed by atoms with Crippen LogP contribution in [0, 0.1) is 0 Å². The molecule has 0 aliphatic carbocycles. The third-order valence-electron chi connectivity index (χ3n) is 1.79. The molecular weight excluding hydrogens is 276 g/mol. The Hall–Kier alpha value is -1.70. The van der Waals surface area contributed by atoms with Crippen LogP contribution in [0.4, 0.5) is 11.8 Å². The van der Waals surface area contributed by atoms with Crippen LogP contribution in [0.2, 0.25) is 0 Å². The van der Waals surface area contributed by atoms with Gasteiger partial charge < -0.3 is 15.2 Å². The predicted molar refractivity (Wildman–Crippen MR) is 60.9 cm³/mol. The Morgan fingerprint density at radius 1 is 1.44 bits per heavy atom. The van der Waals surface area contributed by atoms with Crippen molar-refractivity contribution >= 4 is 27.7 Å². The largest absolute Gasteiger partial charge is 0.362 e. The number of rotatable bonds is 4. The van der Waals surface area contributed by atoms with E-state index >= 15 is 0 Å². The Kier molecular flexibility index (Phi) is 3.30. The Morgan fingerprint density at radius 3 is 3.00 bits per heavy atom. The van der Waals surface area contributed by atoms with Crippen molar-refractivity contribution in [2.45, 2.75) is 6.54 Å². The van der Waals surface area contributed by atoms with Crippen LogP contribution in [-0.2, 0) is 6.54 Å². The highest BCUT2D eigenvalue weighted by Gasteiger charge is 2.05. The van der Waals surface area contributed by atoms with E-state index in [0.29, 0.717) is 24.1 Å². The minimum absolute atomic E-state index is 0.440. The lowest BCUT2D eigenvalue weighted by molar-refractivity contribution is 0.411. The first-order chi connectivity index (χ1) is 7.79. The summed E-state index contributed by atoms with van der Waals surface area (Å²) in [6, 6.07) is 0. The van der Waals surface area contributed by atoms with Crippen LogP contribution >= 0.6 is 15.9 Å². The third kappa shape index (κ3) is 2.45. The highest BCUT2D eigenvalue weighted by atomic mass is 79.9. The smallest absolute Gasteiger partial charge is 0.224 e. The maximum atomic E-state index is 4.62. The molecule has 2 aromatic rings. The zero-order chi connectivity index (χ0) is 11.4. The molecule has 0 atom stereocenters. The van der Waals surface area contributed by atoms with Crippen LogP contribution < -0.4 is 10.6 Å². The minimum Gasteiger partial charge on any atom is -0.362 e. The number of halogens is 1. The lowest BCUT2D eigenvalue weighted by atomic mass is 10.5. The normalized spacial score (nSPS) is 10.1. The Morgan fingerprint density at radius 2 is 2.31 bits per heavy atom. The highest BCUT2D eigenvalue weighted by Crippen LogP contribution is 2.20. The van der Waals surface area contributed by atoms with E-state index in [2.05, 4.69) is 51.2 Å². The number of hydrogen-bond acceptors (Lipinski definition) is 7. The van der Waals surface area contributed by atoms with Gasteiger partial charge in [-0.25, -0.2) is 4.98 Å². The monoisotopic (exact) mass is 284 g/mol. The van der Waals surface area contributed by atoms with Crippen molar-refractivity contribution in [2.75, 3.05) is 17.7 Å². The van der Waals surface area contributed by atoms with Crippen molar-refractivity contribution in [3.63, 3.8) is 0 Å². The first-order valence-electron chi connectivity index (χ1n) is 4.49. The Labute approximate surface area is 99.8 Å². The molecule has 0 aliphatic rings. The van der Waals surface area contributed by atoms with Crippen molar-refractivity contribution in [2.24, 2.45) is 0 Å². The van der Waals surface area contributed by atoms with Gasteiger partial charge in [-0.3, -0.25) is 0 Å². The summed E-state index contributed by atoms with van der Waals surface area (Å²) in [6.07, 6.45) is 2.95. The molecule has 2 heterocycles. The van der Waals surface area contributed by atoms with E-state index in [-0.39, 0.29) is 0 Å². The molecule has 0 aromatic carbocycles. The van der Waals surface area contributed by atoms with Crippen LogP contribution in [0.15, 0.2) is 21.6 Å². The van der Waals surface area contributed by atoms with Gasteiger partial charge in [0.15, 0.2) is 5.82 Å². The van der Waals surface area contributed by atoms with Gasteiger partial charge in [0.1, 0.15) is 5.82 Å². The second-order valence-electron chi connectivity index (χ2n) is 2.84. The summed E-state index contributed by atoms with van der Waals surface area (Å²) in [5.41, 5.74) is 0. The van der Waals surface area contributed by atoms with Gasteiger partial charge in [0, 0.05) is 13.2 Å². The summed E-state index contributed by atoms with van der Waals surface area (Å²) in [5.74, 6) is 1.78. The van der Waals surface area contributed by atoms with Gasteiger partial charge in [-0.1, -0.05) is 5.16 Å².